The van der Waals surface area contributed by atoms with Crippen molar-refractivity contribution in [2.75, 3.05) is 13.7 Å². The van der Waals surface area contributed by atoms with E-state index in [1.165, 1.54) is 13.2 Å². The third kappa shape index (κ3) is 5.61. The van der Waals surface area contributed by atoms with E-state index in [1.807, 2.05) is 31.2 Å². The summed E-state index contributed by atoms with van der Waals surface area (Å²) in [6, 6.07) is 12.9. The zero-order valence-corrected chi connectivity index (χ0v) is 16.0. The number of carbonyl (C=O) groups is 1. The second kappa shape index (κ2) is 9.44. The van der Waals surface area contributed by atoms with Gasteiger partial charge in [-0.25, -0.2) is 4.79 Å². The average Bonchev–Trinajstić information content (AvgIpc) is 2.65. The summed E-state index contributed by atoms with van der Waals surface area (Å²) in [5, 5.41) is 8.60. The third-order valence-corrected chi connectivity index (χ3v) is 3.90. The Bertz CT molecular complexity index is 878. The first kappa shape index (κ1) is 20.1. The highest BCUT2D eigenvalue weighted by Gasteiger charge is 2.14. The minimum Gasteiger partial charge on any atom is -0.493 e. The van der Waals surface area contributed by atoms with E-state index in [2.05, 4.69) is 13.8 Å². The van der Waals surface area contributed by atoms with Gasteiger partial charge in [0.15, 0.2) is 18.1 Å². The van der Waals surface area contributed by atoms with E-state index in [0.29, 0.717) is 17.2 Å². The fourth-order valence-corrected chi connectivity index (χ4v) is 2.54. The molecule has 0 aliphatic rings. The number of methoxy groups -OCH3 is 1. The van der Waals surface area contributed by atoms with Gasteiger partial charge in [0.1, 0.15) is 5.75 Å². The second-order valence-corrected chi connectivity index (χ2v) is 6.33. The van der Waals surface area contributed by atoms with Gasteiger partial charge >= 0.3 is 5.97 Å². The molecular formula is C22H23NO4. The van der Waals surface area contributed by atoms with Crippen molar-refractivity contribution >= 4 is 12.0 Å². The van der Waals surface area contributed by atoms with E-state index in [0.717, 1.165) is 16.7 Å². The number of benzene rings is 2. The van der Waals surface area contributed by atoms with Crippen molar-refractivity contribution in [2.45, 2.75) is 26.7 Å². The minimum atomic E-state index is -0.523. The van der Waals surface area contributed by atoms with Gasteiger partial charge in [-0.05, 0) is 53.8 Å². The van der Waals surface area contributed by atoms with E-state index in [4.69, 9.17) is 19.5 Å². The molecule has 0 saturated heterocycles. The average molecular weight is 365 g/mol. The van der Waals surface area contributed by atoms with Crippen molar-refractivity contribution in [3.05, 3.63) is 59.2 Å². The topological polar surface area (TPSA) is 68.5 Å². The molecule has 0 fully saturated rings. The van der Waals surface area contributed by atoms with Crippen LogP contribution >= 0.6 is 0 Å². The Hall–Kier alpha value is -3.26. The molecule has 2 rings (SSSR count). The first-order chi connectivity index (χ1) is 12.9. The van der Waals surface area contributed by atoms with Crippen molar-refractivity contribution in [1.29, 1.82) is 5.26 Å². The number of allylic oxidation sites excluding steroid dienone is 1. The fourth-order valence-electron chi connectivity index (χ4n) is 2.54. The summed E-state index contributed by atoms with van der Waals surface area (Å²) >= 11 is 0. The van der Waals surface area contributed by atoms with Crippen LogP contribution in [-0.2, 0) is 4.79 Å². The molecule has 0 atom stereocenters. The molecule has 0 spiro atoms. The molecule has 0 amide bonds. The number of carbonyl (C=O) groups excluding carboxylic acids is 1. The molecule has 2 aromatic carbocycles. The monoisotopic (exact) mass is 365 g/mol. The predicted molar refractivity (Wildman–Crippen MR) is 104 cm³/mol. The van der Waals surface area contributed by atoms with Crippen LogP contribution in [0, 0.1) is 18.3 Å². The number of ether oxygens (including phenoxy) is 3. The van der Waals surface area contributed by atoms with Gasteiger partial charge in [-0.1, -0.05) is 32.0 Å². The molecule has 0 N–H and O–H groups in total. The molecule has 0 aliphatic heterocycles. The van der Waals surface area contributed by atoms with Gasteiger partial charge in [-0.2, -0.15) is 5.26 Å². The van der Waals surface area contributed by atoms with E-state index in [-0.39, 0.29) is 12.5 Å². The molecule has 5 nitrogen and oxygen atoms in total. The largest absolute Gasteiger partial charge is 0.493 e. The Morgan fingerprint density at radius 3 is 2.59 bits per heavy atom. The van der Waals surface area contributed by atoms with Crippen molar-refractivity contribution < 1.29 is 19.0 Å². The van der Waals surface area contributed by atoms with Crippen LogP contribution in [0.4, 0.5) is 0 Å². The number of esters is 1. The lowest BCUT2D eigenvalue weighted by atomic mass is 10.0. The van der Waals surface area contributed by atoms with Gasteiger partial charge in [0.25, 0.3) is 0 Å². The zero-order chi connectivity index (χ0) is 19.8. The molecule has 0 bridgehead atoms. The van der Waals surface area contributed by atoms with Crippen molar-refractivity contribution in [3.63, 3.8) is 0 Å². The molecule has 2 aromatic rings. The van der Waals surface area contributed by atoms with E-state index in [1.54, 1.807) is 24.3 Å². The first-order valence-corrected chi connectivity index (χ1v) is 8.62. The minimum absolute atomic E-state index is 0.206. The lowest BCUT2D eigenvalue weighted by Crippen LogP contribution is -2.18. The molecule has 0 radical (unpaired) electrons. The molecule has 0 saturated carbocycles. The summed E-state index contributed by atoms with van der Waals surface area (Å²) in [6.45, 7) is 5.91. The lowest BCUT2D eigenvalue weighted by molar-refractivity contribution is -0.136. The fraction of sp³-hybridized carbons (Fsp3) is 0.273. The van der Waals surface area contributed by atoms with Gasteiger partial charge in [0.05, 0.1) is 13.2 Å². The van der Waals surface area contributed by atoms with Crippen molar-refractivity contribution in [2.24, 2.45) is 0 Å². The first-order valence-electron chi connectivity index (χ1n) is 8.62. The van der Waals surface area contributed by atoms with Crippen LogP contribution < -0.4 is 14.2 Å². The number of hydrogen-bond acceptors (Lipinski definition) is 5. The number of hydrogen-bond donors (Lipinski definition) is 0. The van der Waals surface area contributed by atoms with Crippen LogP contribution in [0.5, 0.6) is 17.2 Å². The van der Waals surface area contributed by atoms with Gasteiger partial charge < -0.3 is 14.2 Å². The van der Waals surface area contributed by atoms with Gasteiger partial charge in [-0.3, -0.25) is 0 Å². The number of nitriles is 1. The Kier molecular flexibility index (Phi) is 7.01. The summed E-state index contributed by atoms with van der Waals surface area (Å²) in [5.74, 6) is 1.15. The highest BCUT2D eigenvalue weighted by Crippen LogP contribution is 2.30. The second-order valence-electron chi connectivity index (χ2n) is 6.33. The summed E-state index contributed by atoms with van der Waals surface area (Å²) in [7, 11) is 1.49. The van der Waals surface area contributed by atoms with Crippen LogP contribution in [0.1, 0.15) is 36.5 Å². The summed E-state index contributed by atoms with van der Waals surface area (Å²) in [4.78, 5) is 12.2. The quantitative estimate of drug-likeness (QED) is 0.406. The summed E-state index contributed by atoms with van der Waals surface area (Å²) in [5.41, 5.74) is 2.87. The van der Waals surface area contributed by atoms with Crippen LogP contribution in [0.3, 0.4) is 0 Å². The Balaban J connectivity index is 2.07. The third-order valence-electron chi connectivity index (χ3n) is 3.90. The van der Waals surface area contributed by atoms with Gasteiger partial charge in [0.2, 0.25) is 0 Å². The molecule has 0 aromatic heterocycles. The maximum Gasteiger partial charge on any atom is 0.349 e. The molecule has 27 heavy (non-hydrogen) atoms. The summed E-state index contributed by atoms with van der Waals surface area (Å²) < 4.78 is 16.3. The highest BCUT2D eigenvalue weighted by atomic mass is 16.6. The standard InChI is InChI=1S/C22H23NO4/c1-15(2)18-9-7-16(3)12-20(18)26-14-22(24)27-19-10-8-17(6-5-11-23)13-21(19)25-4/h5-10,12-13,15H,14H2,1-4H3/b6-5-. The van der Waals surface area contributed by atoms with E-state index < -0.39 is 5.97 Å². The number of aryl methyl sites for hydroxylation is 1. The number of nitrogens with zero attached hydrogens (tertiary/aromatic N) is 1. The van der Waals surface area contributed by atoms with Crippen molar-refractivity contribution in [1.82, 2.24) is 0 Å². The normalized spacial score (nSPS) is 10.7. The molecule has 140 valence electrons. The number of rotatable bonds is 7. The van der Waals surface area contributed by atoms with Crippen LogP contribution in [-0.4, -0.2) is 19.7 Å². The maximum atomic E-state index is 12.2. The van der Waals surface area contributed by atoms with E-state index >= 15 is 0 Å². The summed E-state index contributed by atoms with van der Waals surface area (Å²) in [6.07, 6.45) is 3.00. The Morgan fingerprint density at radius 1 is 1.15 bits per heavy atom. The van der Waals surface area contributed by atoms with Gasteiger partial charge in [-0.15, -0.1) is 0 Å². The smallest absolute Gasteiger partial charge is 0.349 e. The molecular weight excluding hydrogens is 342 g/mol. The Morgan fingerprint density at radius 2 is 1.93 bits per heavy atom. The SMILES string of the molecule is COc1cc(/C=C\C#N)ccc1OC(=O)COc1cc(C)ccc1C(C)C. The van der Waals surface area contributed by atoms with Crippen LogP contribution in [0.15, 0.2) is 42.5 Å². The molecule has 5 heteroatoms. The lowest BCUT2D eigenvalue weighted by Gasteiger charge is -2.15. The van der Waals surface area contributed by atoms with Gasteiger partial charge in [0, 0.05) is 6.08 Å². The molecule has 0 aliphatic carbocycles. The zero-order valence-electron chi connectivity index (χ0n) is 16.0. The van der Waals surface area contributed by atoms with Crippen molar-refractivity contribution in [3.8, 4) is 23.3 Å². The highest BCUT2D eigenvalue weighted by molar-refractivity contribution is 5.75. The Labute approximate surface area is 159 Å². The van der Waals surface area contributed by atoms with E-state index in [9.17, 15) is 4.79 Å². The predicted octanol–water partition coefficient (Wildman–Crippen LogP) is 4.65. The molecule has 0 heterocycles. The van der Waals surface area contributed by atoms with Crippen LogP contribution in [0.2, 0.25) is 0 Å². The molecule has 0 unspecified atom stereocenters. The van der Waals surface area contributed by atoms with Crippen LogP contribution in [0.25, 0.3) is 6.08 Å². The maximum absolute atomic E-state index is 12.2.